The summed E-state index contributed by atoms with van der Waals surface area (Å²) >= 11 is 0. The summed E-state index contributed by atoms with van der Waals surface area (Å²) in [5.41, 5.74) is -11.2. The molecule has 0 saturated carbocycles. The third-order valence-corrected chi connectivity index (χ3v) is 17.6. The summed E-state index contributed by atoms with van der Waals surface area (Å²) in [6, 6.07) is 51.5. The molecule has 6 aromatic rings. The van der Waals surface area contributed by atoms with Gasteiger partial charge in [-0.1, -0.05) is 253 Å². The first-order valence-electron chi connectivity index (χ1n) is 30.3. The predicted octanol–water partition coefficient (Wildman–Crippen LogP) is 9.02. The minimum absolute atomic E-state index is 0.163. The molecule has 84 heavy (non-hydrogen) atoms. The molecule has 9 N–H and O–H groups in total. The van der Waals surface area contributed by atoms with Crippen LogP contribution in [0.25, 0.3) is 0 Å². The maximum absolute atomic E-state index is 14.9. The van der Waals surface area contributed by atoms with E-state index in [-0.39, 0.29) is 25.9 Å². The van der Waals surface area contributed by atoms with Gasteiger partial charge in [0.1, 0.15) is 46.8 Å². The lowest BCUT2D eigenvalue weighted by molar-refractivity contribution is -0.429. The van der Waals surface area contributed by atoms with Crippen molar-refractivity contribution < 1.29 is 59.9 Å². The number of rotatable bonds is 31. The van der Waals surface area contributed by atoms with Crippen LogP contribution < -0.4 is 5.32 Å². The van der Waals surface area contributed by atoms with Crippen molar-refractivity contribution in [2.45, 2.75) is 200 Å². The average molecular weight is 1150 g/mol. The van der Waals surface area contributed by atoms with E-state index in [1.165, 1.54) is 31.8 Å². The fourth-order valence-corrected chi connectivity index (χ4v) is 13.2. The molecule has 13 atom stereocenters. The van der Waals surface area contributed by atoms with Gasteiger partial charge < -0.3 is 60.4 Å². The first-order chi connectivity index (χ1) is 40.6. The quantitative estimate of drug-likeness (QED) is 0.0147. The van der Waals surface area contributed by atoms with Crippen LogP contribution in [0.4, 0.5) is 0 Å². The third kappa shape index (κ3) is 14.8. The van der Waals surface area contributed by atoms with Gasteiger partial charge in [0.25, 0.3) is 0 Å². The van der Waals surface area contributed by atoms with Crippen LogP contribution in [0.1, 0.15) is 117 Å². The minimum Gasteiger partial charge on any atom is -0.390 e. The molecule has 1 amide bonds. The van der Waals surface area contributed by atoms with E-state index in [4.69, 9.17) is 14.2 Å². The Balaban J connectivity index is 1.28. The molecule has 0 bridgehead atoms. The molecule has 2 saturated heterocycles. The van der Waals surface area contributed by atoms with Crippen molar-refractivity contribution in [2.75, 3.05) is 0 Å². The lowest BCUT2D eigenvalue weighted by Gasteiger charge is -2.68. The molecule has 8 rings (SSSR count). The smallest absolute Gasteiger partial charge is 0.223 e. The van der Waals surface area contributed by atoms with Gasteiger partial charge in [0, 0.05) is 32.1 Å². The molecule has 13 heteroatoms. The van der Waals surface area contributed by atoms with E-state index in [2.05, 4.69) is 18.8 Å². The number of carbonyl (C=O) groups excluding carboxylic acids is 1. The second kappa shape index (κ2) is 29.9. The van der Waals surface area contributed by atoms with E-state index in [0.717, 1.165) is 37.7 Å². The maximum atomic E-state index is 14.9. The van der Waals surface area contributed by atoms with Crippen LogP contribution in [0.5, 0.6) is 0 Å². The summed E-state index contributed by atoms with van der Waals surface area (Å²) in [6.07, 6.45) is -3.80. The average Bonchev–Trinajstić information content (AvgIpc) is 0.947. The van der Waals surface area contributed by atoms with Crippen molar-refractivity contribution in [1.29, 1.82) is 0 Å². The monoisotopic (exact) mass is 1150 g/mol. The molecule has 450 valence electrons. The number of ether oxygens (including phenoxy) is 3. The van der Waals surface area contributed by atoms with E-state index >= 15 is 0 Å². The number of carbonyl (C=O) groups is 1. The molecule has 0 spiro atoms. The number of aliphatic hydroxyl groups excluding tert-OH is 3. The van der Waals surface area contributed by atoms with Gasteiger partial charge in [0.15, 0.2) is 11.9 Å². The molecule has 2 aliphatic rings. The van der Waals surface area contributed by atoms with Gasteiger partial charge in [-0.15, -0.1) is 6.58 Å². The van der Waals surface area contributed by atoms with Crippen molar-refractivity contribution in [3.05, 3.63) is 228 Å². The lowest BCUT2D eigenvalue weighted by Crippen LogP contribution is -2.91. The number of hydrogen-bond acceptors (Lipinski definition) is 12. The van der Waals surface area contributed by atoms with E-state index in [0.29, 0.717) is 34.2 Å². The van der Waals surface area contributed by atoms with Crippen molar-refractivity contribution in [3.63, 3.8) is 0 Å². The maximum Gasteiger partial charge on any atom is 0.223 e. The van der Waals surface area contributed by atoms with Gasteiger partial charge >= 0.3 is 0 Å². The Morgan fingerprint density at radius 2 is 0.964 bits per heavy atom. The van der Waals surface area contributed by atoms with E-state index in [9.17, 15) is 45.6 Å². The summed E-state index contributed by atoms with van der Waals surface area (Å²) in [5.74, 6) is -0.678. The van der Waals surface area contributed by atoms with Crippen molar-refractivity contribution in [2.24, 2.45) is 0 Å². The zero-order valence-corrected chi connectivity index (χ0v) is 48.7. The number of hydrogen-bond donors (Lipinski definition) is 9. The summed E-state index contributed by atoms with van der Waals surface area (Å²) in [6.45, 7) is 6.41. The molecule has 0 radical (unpaired) electrons. The normalized spacial score (nSPS) is 28.0. The number of nitrogens with one attached hydrogen (secondary N) is 1. The van der Waals surface area contributed by atoms with Crippen LogP contribution in [0.3, 0.4) is 0 Å². The van der Waals surface area contributed by atoms with Crippen LogP contribution in [0, 0.1) is 0 Å². The Morgan fingerprint density at radius 1 is 0.548 bits per heavy atom. The molecular weight excluding hydrogens is 1060 g/mol. The molecule has 13 nitrogen and oxygen atoms in total. The third-order valence-electron chi connectivity index (χ3n) is 17.6. The van der Waals surface area contributed by atoms with Crippen LogP contribution in [-0.2, 0) is 57.7 Å². The minimum atomic E-state index is -3.22. The SMILES string of the molecule is C=CC[C@@]1(O)[C@H](NC(=O)CC(CCCCCCCCCCC)OCc2ccccc2)[C@@H](O)O[C@H](C(O)Cc2ccccc2)[C@]1(O)[C@@H]1O[C@H](C(O)Cc2ccccc2)[C@](O)(Cc2ccccc2)[C@@](O)(Cc2ccccc2)[C@@]1(O)Cc1ccccc1. The highest BCUT2D eigenvalue weighted by molar-refractivity contribution is 5.77. The highest BCUT2D eigenvalue weighted by atomic mass is 16.6. The Bertz CT molecular complexity index is 2890. The van der Waals surface area contributed by atoms with E-state index < -0.39 is 109 Å². The Kier molecular flexibility index (Phi) is 22.8. The summed E-state index contributed by atoms with van der Waals surface area (Å²) in [7, 11) is 0. The topological polar surface area (TPSA) is 219 Å². The first-order valence-corrected chi connectivity index (χ1v) is 30.3. The number of aliphatic hydroxyl groups is 8. The zero-order chi connectivity index (χ0) is 59.6. The van der Waals surface area contributed by atoms with Gasteiger partial charge in [-0.05, 0) is 46.2 Å². The number of benzene rings is 6. The van der Waals surface area contributed by atoms with Gasteiger partial charge in [0.05, 0.1) is 31.3 Å². The molecule has 3 unspecified atom stereocenters. The molecule has 6 aromatic carbocycles. The molecule has 0 aromatic heterocycles. The van der Waals surface area contributed by atoms with Crippen molar-refractivity contribution >= 4 is 5.91 Å². The predicted molar refractivity (Wildman–Crippen MR) is 325 cm³/mol. The number of amides is 1. The standard InChI is InChI=1S/C71H89NO12/c1-3-5-6-7-8-9-10-11-30-43-58(82-51-57-41-28-17-29-42-57)47-61(75)72-62-65(76)83-64(60(74)46-53-33-20-13-21-34-53)71(81,67(62,77)44-4-2)66-69(79,49-55-37-24-15-25-38-55)70(80,50-56-39-26-16-27-40-56)68(78,48-54-35-22-14-23-36-54)63(84-66)59(73)45-52-31-18-12-19-32-52/h4,12-29,31-42,58-60,62-66,73-74,76-81H,2-3,5-11,30,43-51H2,1H3,(H,72,75)/t58?,59?,60?,62-,63-,64-,65+,66-,67-,68-,69-,70+,71+/m1/s1. The first kappa shape index (κ1) is 64.1. The van der Waals surface area contributed by atoms with Crippen LogP contribution in [0.15, 0.2) is 195 Å². The van der Waals surface area contributed by atoms with Crippen molar-refractivity contribution in [1.82, 2.24) is 5.32 Å². The fourth-order valence-electron chi connectivity index (χ4n) is 13.2. The van der Waals surface area contributed by atoms with E-state index in [1.54, 1.807) is 146 Å². The van der Waals surface area contributed by atoms with Crippen LogP contribution in [0.2, 0.25) is 0 Å². The van der Waals surface area contributed by atoms with E-state index in [1.807, 2.05) is 36.4 Å². The Hall–Kier alpha value is -5.91. The summed E-state index contributed by atoms with van der Waals surface area (Å²) < 4.78 is 20.2. The summed E-state index contributed by atoms with van der Waals surface area (Å²) in [4.78, 5) is 14.9. The van der Waals surface area contributed by atoms with Crippen LogP contribution >= 0.6 is 0 Å². The Labute approximate surface area is 496 Å². The largest absolute Gasteiger partial charge is 0.390 e. The second-order valence-electron chi connectivity index (χ2n) is 23.6. The fraction of sp³-hybridized carbons (Fsp3) is 0.451. The highest BCUT2D eigenvalue weighted by Gasteiger charge is 2.80. The van der Waals surface area contributed by atoms with Gasteiger partial charge in [-0.2, -0.15) is 0 Å². The van der Waals surface area contributed by atoms with Gasteiger partial charge in [0.2, 0.25) is 5.91 Å². The molecule has 2 aliphatic heterocycles. The second-order valence-corrected chi connectivity index (χ2v) is 23.6. The van der Waals surface area contributed by atoms with Gasteiger partial charge in [-0.3, -0.25) is 4.79 Å². The van der Waals surface area contributed by atoms with Gasteiger partial charge in [-0.25, -0.2) is 0 Å². The molecular formula is C71H89NO12. The Morgan fingerprint density at radius 3 is 1.44 bits per heavy atom. The summed E-state index contributed by atoms with van der Waals surface area (Å²) in [5, 5.41) is 113. The molecule has 2 fully saturated rings. The lowest BCUT2D eigenvalue weighted by atomic mass is 9.52. The molecule has 2 heterocycles. The highest BCUT2D eigenvalue weighted by Crippen LogP contribution is 2.57. The molecule has 0 aliphatic carbocycles. The van der Waals surface area contributed by atoms with Crippen LogP contribution in [-0.4, -0.2) is 124 Å². The number of unbranched alkanes of at least 4 members (excludes halogenated alkanes) is 8. The van der Waals surface area contributed by atoms with Crippen molar-refractivity contribution in [3.8, 4) is 0 Å². The zero-order valence-electron chi connectivity index (χ0n) is 48.7.